The van der Waals surface area contributed by atoms with Crippen LogP contribution in [0.5, 0.6) is 5.75 Å². The normalized spacial score (nSPS) is 14.2. The van der Waals surface area contributed by atoms with Crippen LogP contribution >= 0.6 is 0 Å². The summed E-state index contributed by atoms with van der Waals surface area (Å²) in [5.74, 6) is 1.19. The number of fused-ring (bicyclic) bond motifs is 2. The van der Waals surface area contributed by atoms with Crippen LogP contribution < -0.4 is 20.3 Å². The van der Waals surface area contributed by atoms with Crippen LogP contribution in [0.1, 0.15) is 5.69 Å². The molecule has 2 aromatic carbocycles. The number of piperazine rings is 1. The summed E-state index contributed by atoms with van der Waals surface area (Å²) in [5, 5.41) is 8.15. The van der Waals surface area contributed by atoms with Crippen LogP contribution in [0.2, 0.25) is 0 Å². The van der Waals surface area contributed by atoms with Crippen molar-refractivity contribution in [3.05, 3.63) is 78.8 Å². The van der Waals surface area contributed by atoms with Gasteiger partial charge in [-0.3, -0.25) is 4.98 Å². The van der Waals surface area contributed by atoms with Crippen molar-refractivity contribution in [2.24, 2.45) is 0 Å². The van der Waals surface area contributed by atoms with Gasteiger partial charge in [-0.15, -0.1) is 0 Å². The number of nitrogens with zero attached hydrogens (tertiary/aromatic N) is 4. The van der Waals surface area contributed by atoms with Gasteiger partial charge in [0.25, 0.3) is 10.0 Å². The lowest BCUT2D eigenvalue weighted by molar-refractivity contribution is 0.416. The van der Waals surface area contributed by atoms with Crippen molar-refractivity contribution in [2.75, 3.05) is 43.5 Å². The zero-order valence-electron chi connectivity index (χ0n) is 21.2. The summed E-state index contributed by atoms with van der Waals surface area (Å²) >= 11 is 0. The molecule has 1 saturated heterocycles. The second kappa shape index (κ2) is 9.62. The first-order chi connectivity index (χ1) is 18.4. The number of ether oxygens (including phenoxy) is 1. The van der Waals surface area contributed by atoms with Gasteiger partial charge in [-0.25, -0.2) is 17.4 Å². The Bertz CT molecular complexity index is 1760. The van der Waals surface area contributed by atoms with Gasteiger partial charge in [-0.2, -0.15) is 0 Å². The molecule has 0 bridgehead atoms. The Morgan fingerprint density at radius 1 is 1.00 bits per heavy atom. The van der Waals surface area contributed by atoms with Gasteiger partial charge in [0.15, 0.2) is 0 Å². The van der Waals surface area contributed by atoms with E-state index in [1.54, 1.807) is 43.8 Å². The number of para-hydroxylation sites is 1. The van der Waals surface area contributed by atoms with E-state index in [0.29, 0.717) is 28.0 Å². The minimum absolute atomic E-state index is 0.160. The molecule has 0 amide bonds. The van der Waals surface area contributed by atoms with E-state index in [2.05, 4.69) is 31.6 Å². The number of nitrogens with one attached hydrogen (secondary N) is 2. The van der Waals surface area contributed by atoms with Gasteiger partial charge >= 0.3 is 0 Å². The van der Waals surface area contributed by atoms with Crippen molar-refractivity contribution in [3.63, 3.8) is 0 Å². The topological polar surface area (TPSA) is 101 Å². The summed E-state index contributed by atoms with van der Waals surface area (Å²) in [6, 6.07) is 18.5. The Labute approximate surface area is 221 Å². The first-order valence-corrected chi connectivity index (χ1v) is 13.9. The highest BCUT2D eigenvalue weighted by Gasteiger charge is 2.23. The largest absolute Gasteiger partial charge is 0.494 e. The molecule has 194 valence electrons. The number of methoxy groups -OCH3 is 1. The molecule has 2 N–H and O–H groups in total. The molecule has 6 rings (SSSR count). The fourth-order valence-electron chi connectivity index (χ4n) is 4.85. The Balaban J connectivity index is 1.37. The maximum atomic E-state index is 13.8. The maximum absolute atomic E-state index is 13.8. The van der Waals surface area contributed by atoms with Crippen LogP contribution in [0.3, 0.4) is 0 Å². The second-order valence-corrected chi connectivity index (χ2v) is 11.1. The third-order valence-corrected chi connectivity index (χ3v) is 8.55. The molecule has 9 nitrogen and oxygen atoms in total. The number of rotatable bonds is 6. The van der Waals surface area contributed by atoms with Crippen molar-refractivity contribution in [1.29, 1.82) is 0 Å². The third-order valence-electron chi connectivity index (χ3n) is 6.83. The predicted octanol–water partition coefficient (Wildman–Crippen LogP) is 4.29. The molecule has 4 heterocycles. The van der Waals surface area contributed by atoms with Gasteiger partial charge in [-0.1, -0.05) is 18.2 Å². The van der Waals surface area contributed by atoms with Crippen molar-refractivity contribution in [3.8, 4) is 5.75 Å². The van der Waals surface area contributed by atoms with Crippen LogP contribution in [-0.4, -0.2) is 55.6 Å². The van der Waals surface area contributed by atoms with Crippen molar-refractivity contribution in [2.45, 2.75) is 11.8 Å². The smallest absolute Gasteiger partial charge is 0.270 e. The number of anilines is 3. The maximum Gasteiger partial charge on any atom is 0.270 e. The Morgan fingerprint density at radius 2 is 1.84 bits per heavy atom. The molecule has 0 saturated carbocycles. The molecule has 38 heavy (non-hydrogen) atoms. The molecule has 0 aliphatic carbocycles. The summed E-state index contributed by atoms with van der Waals surface area (Å²) in [5.41, 5.74) is 3.56. The van der Waals surface area contributed by atoms with E-state index >= 15 is 0 Å². The number of aryl methyl sites for hydroxylation is 1. The first-order valence-electron chi connectivity index (χ1n) is 12.4. The zero-order valence-corrected chi connectivity index (χ0v) is 22.0. The minimum atomic E-state index is -3.92. The molecule has 0 unspecified atom stereocenters. The Morgan fingerprint density at radius 3 is 2.66 bits per heavy atom. The van der Waals surface area contributed by atoms with E-state index in [-0.39, 0.29) is 4.90 Å². The molecule has 1 aliphatic heterocycles. The third kappa shape index (κ3) is 4.31. The van der Waals surface area contributed by atoms with Gasteiger partial charge < -0.3 is 20.3 Å². The molecule has 1 fully saturated rings. The average molecular weight is 529 g/mol. The van der Waals surface area contributed by atoms with E-state index in [1.165, 1.54) is 3.97 Å². The van der Waals surface area contributed by atoms with Crippen molar-refractivity contribution in [1.82, 2.24) is 19.3 Å². The highest BCUT2D eigenvalue weighted by atomic mass is 32.2. The summed E-state index contributed by atoms with van der Waals surface area (Å²) in [6.07, 6.45) is 3.22. The molecule has 5 aromatic rings. The van der Waals surface area contributed by atoms with Crippen molar-refractivity contribution < 1.29 is 13.2 Å². The number of hydrogen-bond donors (Lipinski definition) is 2. The monoisotopic (exact) mass is 528 g/mol. The molecule has 0 radical (unpaired) electrons. The van der Waals surface area contributed by atoms with E-state index in [0.717, 1.165) is 48.6 Å². The second-order valence-electron chi connectivity index (χ2n) is 9.27. The van der Waals surface area contributed by atoms with Crippen LogP contribution in [0.25, 0.3) is 21.8 Å². The highest BCUT2D eigenvalue weighted by molar-refractivity contribution is 7.90. The number of aromatic nitrogens is 3. The lowest BCUT2D eigenvalue weighted by Gasteiger charge is -2.30. The van der Waals surface area contributed by atoms with Crippen LogP contribution in [-0.2, 0) is 10.0 Å². The van der Waals surface area contributed by atoms with E-state index in [4.69, 9.17) is 4.74 Å². The lowest BCUT2D eigenvalue weighted by Crippen LogP contribution is -2.43. The number of benzene rings is 2. The zero-order chi connectivity index (χ0) is 26.3. The first kappa shape index (κ1) is 24.2. The van der Waals surface area contributed by atoms with Crippen LogP contribution in [0, 0.1) is 6.92 Å². The van der Waals surface area contributed by atoms with Gasteiger partial charge in [-0.05, 0) is 37.3 Å². The molecule has 3 aromatic heterocycles. The minimum Gasteiger partial charge on any atom is -0.494 e. The molecule has 1 aliphatic rings. The van der Waals surface area contributed by atoms with Gasteiger partial charge in [0.2, 0.25) is 0 Å². The SMILES string of the molecule is COc1cc(N2CCNCC2)ccc1Nc1cc2c(ccn2S(=O)(=O)c2cccc3ccc(C)nc23)cn1. The van der Waals surface area contributed by atoms with Crippen LogP contribution in [0.15, 0.2) is 78.0 Å². The van der Waals surface area contributed by atoms with E-state index in [9.17, 15) is 8.42 Å². The van der Waals surface area contributed by atoms with E-state index < -0.39 is 10.0 Å². The molecule has 0 spiro atoms. The average Bonchev–Trinajstić information content (AvgIpc) is 3.37. The Hall–Kier alpha value is -4.15. The van der Waals surface area contributed by atoms with Crippen LogP contribution in [0.4, 0.5) is 17.2 Å². The van der Waals surface area contributed by atoms with Gasteiger partial charge in [0.05, 0.1) is 23.8 Å². The highest BCUT2D eigenvalue weighted by Crippen LogP contribution is 2.33. The van der Waals surface area contributed by atoms with Gasteiger partial charge in [0, 0.05) is 72.9 Å². The summed E-state index contributed by atoms with van der Waals surface area (Å²) in [7, 11) is -2.29. The van der Waals surface area contributed by atoms with Gasteiger partial charge in [0.1, 0.15) is 16.5 Å². The fraction of sp³-hybridized carbons (Fsp3) is 0.214. The fourth-order valence-corrected chi connectivity index (χ4v) is 6.36. The summed E-state index contributed by atoms with van der Waals surface area (Å²) < 4.78 is 34.6. The quantitative estimate of drug-likeness (QED) is 0.337. The standard InChI is InChI=1S/C28H28N6O3S/c1-19-6-7-20-4-3-5-26(28(20)31-19)38(35,36)34-13-10-21-18-30-27(17-24(21)34)32-23-9-8-22(16-25(23)37-2)33-14-11-29-12-15-33/h3-10,13,16-18,29H,11-12,14-15H2,1-2H3,(H,30,32). The lowest BCUT2D eigenvalue weighted by atomic mass is 10.2. The summed E-state index contributed by atoms with van der Waals surface area (Å²) in [6.45, 7) is 5.62. The number of pyridine rings is 2. The van der Waals surface area contributed by atoms with E-state index in [1.807, 2.05) is 37.3 Å². The molecular weight excluding hydrogens is 500 g/mol. The number of hydrogen-bond acceptors (Lipinski definition) is 8. The summed E-state index contributed by atoms with van der Waals surface area (Å²) in [4.78, 5) is 11.5. The molecule has 0 atom stereocenters. The molecular formula is C28H28N6O3S. The Kier molecular flexibility index (Phi) is 6.13. The predicted molar refractivity (Wildman–Crippen MR) is 150 cm³/mol. The van der Waals surface area contributed by atoms with Crippen molar-refractivity contribution >= 4 is 49.0 Å². The molecule has 10 heteroatoms.